The first-order chi connectivity index (χ1) is 9.10. The number of anilines is 1. The average Bonchev–Trinajstić information content (AvgIpc) is 2.42. The van der Waals surface area contributed by atoms with E-state index in [-0.39, 0.29) is 11.7 Å². The van der Waals surface area contributed by atoms with Crippen molar-refractivity contribution >= 4 is 34.2 Å². The van der Waals surface area contributed by atoms with Gasteiger partial charge in [0, 0.05) is 17.8 Å². The molecule has 2 aromatic carbocycles. The SMILES string of the molecule is NCc1cccc(NC(=O)c2ccc(I)c(O)c2)c1. The first-order valence-corrected chi connectivity index (χ1v) is 6.77. The summed E-state index contributed by atoms with van der Waals surface area (Å²) < 4.78 is 0.708. The third-order valence-corrected chi connectivity index (χ3v) is 3.54. The van der Waals surface area contributed by atoms with Gasteiger partial charge in [-0.05, 0) is 58.5 Å². The van der Waals surface area contributed by atoms with Crippen LogP contribution in [0.1, 0.15) is 15.9 Å². The summed E-state index contributed by atoms with van der Waals surface area (Å²) in [6, 6.07) is 12.2. The molecule has 0 aromatic heterocycles. The number of phenols is 1. The van der Waals surface area contributed by atoms with Crippen LogP contribution in [0.5, 0.6) is 5.75 Å². The van der Waals surface area contributed by atoms with Gasteiger partial charge < -0.3 is 16.2 Å². The number of benzene rings is 2. The lowest BCUT2D eigenvalue weighted by atomic mass is 10.1. The van der Waals surface area contributed by atoms with E-state index in [0.29, 0.717) is 21.4 Å². The van der Waals surface area contributed by atoms with E-state index in [1.807, 2.05) is 40.8 Å². The number of nitrogens with two attached hydrogens (primary N) is 1. The van der Waals surface area contributed by atoms with Gasteiger partial charge in [0.15, 0.2) is 0 Å². The predicted octanol–water partition coefficient (Wildman–Crippen LogP) is 2.71. The molecule has 0 aliphatic carbocycles. The number of aromatic hydroxyl groups is 1. The number of carbonyl (C=O) groups is 1. The number of carbonyl (C=O) groups excluding carboxylic acids is 1. The predicted molar refractivity (Wildman–Crippen MR) is 83.1 cm³/mol. The van der Waals surface area contributed by atoms with Gasteiger partial charge in [-0.3, -0.25) is 4.79 Å². The third kappa shape index (κ3) is 3.45. The molecule has 98 valence electrons. The normalized spacial score (nSPS) is 10.2. The number of hydrogen-bond donors (Lipinski definition) is 3. The molecule has 0 radical (unpaired) electrons. The van der Waals surface area contributed by atoms with Gasteiger partial charge in [0.2, 0.25) is 0 Å². The lowest BCUT2D eigenvalue weighted by Crippen LogP contribution is -2.12. The highest BCUT2D eigenvalue weighted by molar-refractivity contribution is 14.1. The van der Waals surface area contributed by atoms with Crippen LogP contribution < -0.4 is 11.1 Å². The van der Waals surface area contributed by atoms with Gasteiger partial charge in [0.25, 0.3) is 5.91 Å². The zero-order valence-electron chi connectivity index (χ0n) is 10.1. The molecular formula is C14H13IN2O2. The zero-order chi connectivity index (χ0) is 13.8. The van der Waals surface area contributed by atoms with Crippen molar-refractivity contribution in [2.24, 2.45) is 5.73 Å². The van der Waals surface area contributed by atoms with Crippen LogP contribution >= 0.6 is 22.6 Å². The van der Waals surface area contributed by atoms with Gasteiger partial charge in [-0.15, -0.1) is 0 Å². The molecule has 0 saturated heterocycles. The number of rotatable bonds is 3. The standard InChI is InChI=1S/C14H13IN2O2/c15-12-5-4-10(7-13(12)18)14(19)17-11-3-1-2-9(6-11)8-16/h1-7,18H,8,16H2,(H,17,19). The molecule has 0 unspecified atom stereocenters. The molecule has 2 aromatic rings. The van der Waals surface area contributed by atoms with E-state index in [4.69, 9.17) is 5.73 Å². The monoisotopic (exact) mass is 368 g/mol. The second-order valence-electron chi connectivity index (χ2n) is 4.02. The maximum absolute atomic E-state index is 12.0. The molecule has 0 atom stereocenters. The summed E-state index contributed by atoms with van der Waals surface area (Å²) in [6.07, 6.45) is 0. The topological polar surface area (TPSA) is 75.3 Å². The molecule has 0 aliphatic rings. The van der Waals surface area contributed by atoms with Gasteiger partial charge in [0.1, 0.15) is 5.75 Å². The van der Waals surface area contributed by atoms with Crippen LogP contribution in [0, 0.1) is 3.57 Å². The van der Waals surface area contributed by atoms with Gasteiger partial charge in [-0.2, -0.15) is 0 Å². The highest BCUT2D eigenvalue weighted by Crippen LogP contribution is 2.21. The van der Waals surface area contributed by atoms with Crippen molar-refractivity contribution in [2.75, 3.05) is 5.32 Å². The Bertz CT molecular complexity index is 614. The Morgan fingerprint density at radius 2 is 2.05 bits per heavy atom. The molecule has 5 heteroatoms. The van der Waals surface area contributed by atoms with Crippen LogP contribution in [0.2, 0.25) is 0 Å². The molecule has 0 fully saturated rings. The summed E-state index contributed by atoms with van der Waals surface area (Å²) in [7, 11) is 0. The molecule has 19 heavy (non-hydrogen) atoms. The molecule has 0 heterocycles. The number of halogens is 1. The van der Waals surface area contributed by atoms with Crippen LogP contribution in [-0.2, 0) is 6.54 Å². The van der Waals surface area contributed by atoms with E-state index in [9.17, 15) is 9.90 Å². The minimum Gasteiger partial charge on any atom is -0.507 e. The number of amides is 1. The Kier molecular flexibility index (Phi) is 4.39. The van der Waals surface area contributed by atoms with Crippen LogP contribution in [0.25, 0.3) is 0 Å². The lowest BCUT2D eigenvalue weighted by molar-refractivity contribution is 0.102. The lowest BCUT2D eigenvalue weighted by Gasteiger charge is -2.07. The van der Waals surface area contributed by atoms with Gasteiger partial charge in [0.05, 0.1) is 3.57 Å². The van der Waals surface area contributed by atoms with Crippen molar-refractivity contribution < 1.29 is 9.90 Å². The third-order valence-electron chi connectivity index (χ3n) is 2.63. The first kappa shape index (κ1) is 13.8. The van der Waals surface area contributed by atoms with E-state index < -0.39 is 0 Å². The number of phenolic OH excluding ortho intramolecular Hbond substituents is 1. The quantitative estimate of drug-likeness (QED) is 0.730. The van der Waals surface area contributed by atoms with E-state index >= 15 is 0 Å². The van der Waals surface area contributed by atoms with Crippen molar-refractivity contribution in [2.45, 2.75) is 6.54 Å². The second kappa shape index (κ2) is 6.03. The smallest absolute Gasteiger partial charge is 0.255 e. The minimum absolute atomic E-state index is 0.101. The average molecular weight is 368 g/mol. The molecule has 0 aliphatic heterocycles. The van der Waals surface area contributed by atoms with Crippen LogP contribution in [0.4, 0.5) is 5.69 Å². The zero-order valence-corrected chi connectivity index (χ0v) is 12.2. The van der Waals surface area contributed by atoms with E-state index in [1.54, 1.807) is 18.2 Å². The first-order valence-electron chi connectivity index (χ1n) is 5.69. The molecule has 1 amide bonds. The molecule has 2 rings (SSSR count). The molecule has 4 N–H and O–H groups in total. The van der Waals surface area contributed by atoms with Crippen molar-refractivity contribution in [3.05, 3.63) is 57.2 Å². The van der Waals surface area contributed by atoms with Gasteiger partial charge in [-0.25, -0.2) is 0 Å². The van der Waals surface area contributed by atoms with Crippen LogP contribution in [-0.4, -0.2) is 11.0 Å². The fourth-order valence-corrected chi connectivity index (χ4v) is 1.97. The summed E-state index contributed by atoms with van der Waals surface area (Å²) in [5.41, 5.74) is 7.60. The molecule has 4 nitrogen and oxygen atoms in total. The summed E-state index contributed by atoms with van der Waals surface area (Å²) >= 11 is 2.00. The van der Waals surface area contributed by atoms with Gasteiger partial charge in [-0.1, -0.05) is 12.1 Å². The summed E-state index contributed by atoms with van der Waals surface area (Å²) in [4.78, 5) is 12.0. The molecular weight excluding hydrogens is 355 g/mol. The fourth-order valence-electron chi connectivity index (χ4n) is 1.63. The van der Waals surface area contributed by atoms with E-state index in [0.717, 1.165) is 5.56 Å². The van der Waals surface area contributed by atoms with Crippen molar-refractivity contribution in [1.82, 2.24) is 0 Å². The van der Waals surface area contributed by atoms with Crippen LogP contribution in [0.15, 0.2) is 42.5 Å². The van der Waals surface area contributed by atoms with E-state index in [2.05, 4.69) is 5.32 Å². The molecule has 0 spiro atoms. The fraction of sp³-hybridized carbons (Fsp3) is 0.0714. The summed E-state index contributed by atoms with van der Waals surface area (Å²) in [5.74, 6) is -0.162. The molecule has 0 bridgehead atoms. The van der Waals surface area contributed by atoms with Gasteiger partial charge >= 0.3 is 0 Å². The second-order valence-corrected chi connectivity index (χ2v) is 5.19. The Balaban J connectivity index is 2.18. The maximum atomic E-state index is 12.0. The number of nitrogens with one attached hydrogen (secondary N) is 1. The molecule has 0 saturated carbocycles. The highest BCUT2D eigenvalue weighted by Gasteiger charge is 2.08. The minimum atomic E-state index is -0.263. The summed E-state index contributed by atoms with van der Waals surface area (Å²) in [5, 5.41) is 12.4. The Hall–Kier alpha value is -1.60. The Morgan fingerprint density at radius 3 is 2.74 bits per heavy atom. The highest BCUT2D eigenvalue weighted by atomic mass is 127. The maximum Gasteiger partial charge on any atom is 0.255 e. The summed E-state index contributed by atoms with van der Waals surface area (Å²) in [6.45, 7) is 0.425. The Morgan fingerprint density at radius 1 is 1.26 bits per heavy atom. The number of hydrogen-bond acceptors (Lipinski definition) is 3. The largest absolute Gasteiger partial charge is 0.507 e. The van der Waals surface area contributed by atoms with Crippen molar-refractivity contribution in [3.63, 3.8) is 0 Å². The van der Waals surface area contributed by atoms with E-state index in [1.165, 1.54) is 6.07 Å². The van der Waals surface area contributed by atoms with Crippen molar-refractivity contribution in [1.29, 1.82) is 0 Å². The van der Waals surface area contributed by atoms with Crippen LogP contribution in [0.3, 0.4) is 0 Å². The Labute approximate surface area is 124 Å². The van der Waals surface area contributed by atoms with Crippen molar-refractivity contribution in [3.8, 4) is 5.75 Å².